The van der Waals surface area contributed by atoms with Crippen molar-refractivity contribution in [3.8, 4) is 0 Å². The van der Waals surface area contributed by atoms with Gasteiger partial charge in [0.05, 0.1) is 10.5 Å². The van der Waals surface area contributed by atoms with Crippen LogP contribution in [0.3, 0.4) is 0 Å². The highest BCUT2D eigenvalue weighted by molar-refractivity contribution is 9.11. The third kappa shape index (κ3) is 5.54. The molecule has 172 valence electrons. The second-order valence-corrected chi connectivity index (χ2v) is 12.5. The molecule has 0 saturated carbocycles. The zero-order valence-electron chi connectivity index (χ0n) is 17.9. The number of benzene rings is 3. The average molecular weight is 610 g/mol. The minimum atomic E-state index is -3.67. The molecule has 1 amide bonds. The number of hydrogen-bond acceptors (Lipinski definition) is 4. The number of carbonyl (C=O) groups is 1. The highest BCUT2D eigenvalue weighted by Gasteiger charge is 2.32. The Balaban J connectivity index is 1.51. The zero-order valence-corrected chi connectivity index (χ0v) is 22.7. The number of halogens is 2. The topological polar surface area (TPSA) is 57.7 Å². The van der Waals surface area contributed by atoms with E-state index >= 15 is 0 Å². The van der Waals surface area contributed by atoms with Gasteiger partial charge in [-0.15, -0.1) is 0 Å². The van der Waals surface area contributed by atoms with E-state index in [4.69, 9.17) is 0 Å². The fourth-order valence-electron chi connectivity index (χ4n) is 3.62. The van der Waals surface area contributed by atoms with Gasteiger partial charge in [0.25, 0.3) is 5.91 Å². The minimum Gasteiger partial charge on any atom is -0.336 e. The molecule has 1 heterocycles. The van der Waals surface area contributed by atoms with Gasteiger partial charge in [0, 0.05) is 44.9 Å². The van der Waals surface area contributed by atoms with Gasteiger partial charge in [0.15, 0.2) is 0 Å². The molecule has 4 rings (SSSR count). The molecule has 3 aromatic carbocycles. The summed E-state index contributed by atoms with van der Waals surface area (Å²) in [6.45, 7) is 3.19. The van der Waals surface area contributed by atoms with Gasteiger partial charge in [0.2, 0.25) is 10.0 Å². The van der Waals surface area contributed by atoms with Crippen molar-refractivity contribution in [2.45, 2.75) is 21.6 Å². The molecule has 0 aliphatic carbocycles. The predicted molar refractivity (Wildman–Crippen MR) is 138 cm³/mol. The molecule has 0 atom stereocenters. The van der Waals surface area contributed by atoms with E-state index in [0.717, 1.165) is 15.4 Å². The molecule has 0 unspecified atom stereocenters. The summed E-state index contributed by atoms with van der Waals surface area (Å²) in [5.41, 5.74) is 1.72. The Labute approximate surface area is 215 Å². The zero-order chi connectivity index (χ0) is 23.6. The first-order valence-corrected chi connectivity index (χ1v) is 14.2. The Bertz CT molecular complexity index is 1280. The Hall–Kier alpha value is -1.65. The van der Waals surface area contributed by atoms with Crippen LogP contribution < -0.4 is 0 Å². The third-order valence-electron chi connectivity index (χ3n) is 5.38. The molecule has 9 heteroatoms. The maximum absolute atomic E-state index is 13.4. The summed E-state index contributed by atoms with van der Waals surface area (Å²) >= 11 is 8.25. The van der Waals surface area contributed by atoms with Crippen LogP contribution in [0.15, 0.2) is 90.4 Å². The Morgan fingerprint density at radius 2 is 1.61 bits per heavy atom. The summed E-state index contributed by atoms with van der Waals surface area (Å²) in [6.07, 6.45) is 0. The highest BCUT2D eigenvalue weighted by atomic mass is 79.9. The molecule has 0 aromatic heterocycles. The summed E-state index contributed by atoms with van der Waals surface area (Å²) in [7, 11) is -3.67. The summed E-state index contributed by atoms with van der Waals surface area (Å²) in [5.74, 6) is -0.0749. The first-order valence-electron chi connectivity index (χ1n) is 10.3. The lowest BCUT2D eigenvalue weighted by Gasteiger charge is -2.34. The molecule has 0 spiro atoms. The van der Waals surface area contributed by atoms with Crippen molar-refractivity contribution in [1.29, 1.82) is 0 Å². The van der Waals surface area contributed by atoms with Crippen molar-refractivity contribution >= 4 is 59.6 Å². The summed E-state index contributed by atoms with van der Waals surface area (Å²) < 4.78 is 29.0. The normalized spacial score (nSPS) is 14.9. The van der Waals surface area contributed by atoms with E-state index < -0.39 is 10.0 Å². The molecule has 0 radical (unpaired) electrons. The van der Waals surface area contributed by atoms with Crippen molar-refractivity contribution in [1.82, 2.24) is 9.21 Å². The van der Waals surface area contributed by atoms with Crippen LogP contribution in [0.5, 0.6) is 0 Å². The first kappa shape index (κ1) is 24.5. The van der Waals surface area contributed by atoms with Crippen molar-refractivity contribution in [2.24, 2.45) is 0 Å². The van der Waals surface area contributed by atoms with Gasteiger partial charge >= 0.3 is 0 Å². The minimum absolute atomic E-state index is 0.0749. The van der Waals surface area contributed by atoms with Crippen LogP contribution in [0.2, 0.25) is 0 Å². The van der Waals surface area contributed by atoms with Crippen LogP contribution >= 0.6 is 43.6 Å². The molecule has 0 bridgehead atoms. The maximum atomic E-state index is 13.4. The van der Waals surface area contributed by atoms with Gasteiger partial charge < -0.3 is 4.90 Å². The fourth-order valence-corrected chi connectivity index (χ4v) is 7.56. The Morgan fingerprint density at radius 1 is 0.909 bits per heavy atom. The molecule has 1 fully saturated rings. The molecule has 1 saturated heterocycles. The number of rotatable bonds is 5. The molecule has 0 N–H and O–H groups in total. The van der Waals surface area contributed by atoms with Gasteiger partial charge in [-0.1, -0.05) is 52.0 Å². The van der Waals surface area contributed by atoms with Crippen LogP contribution in [0.25, 0.3) is 0 Å². The number of amides is 1. The lowest BCUT2D eigenvalue weighted by Crippen LogP contribution is -2.50. The molecular weight excluding hydrogens is 588 g/mol. The molecule has 1 aliphatic heterocycles. The SMILES string of the molecule is Cc1ccc(C(=O)N2CCN(S(=O)(=O)c3cc(Br)ccc3Br)CC2)c(Sc2ccccc2)c1. The van der Waals surface area contributed by atoms with E-state index in [9.17, 15) is 13.2 Å². The lowest BCUT2D eigenvalue weighted by atomic mass is 10.1. The predicted octanol–water partition coefficient (Wildman–Crippen LogP) is 5.82. The van der Waals surface area contributed by atoms with Gasteiger partial charge in [0.1, 0.15) is 0 Å². The number of piperazine rings is 1. The van der Waals surface area contributed by atoms with E-state index in [1.165, 1.54) is 4.31 Å². The van der Waals surface area contributed by atoms with E-state index in [0.29, 0.717) is 27.6 Å². The van der Waals surface area contributed by atoms with Crippen LogP contribution in [0.4, 0.5) is 0 Å². The molecule has 3 aromatic rings. The number of sulfonamides is 1. The van der Waals surface area contributed by atoms with Crippen molar-refractivity contribution in [3.05, 3.63) is 86.8 Å². The molecular formula is C24H22Br2N2O3S2. The van der Waals surface area contributed by atoms with E-state index in [-0.39, 0.29) is 23.9 Å². The summed E-state index contributed by atoms with van der Waals surface area (Å²) in [4.78, 5) is 17.3. The maximum Gasteiger partial charge on any atom is 0.255 e. The van der Waals surface area contributed by atoms with Crippen LogP contribution in [0.1, 0.15) is 15.9 Å². The standard InChI is InChI=1S/C24H22Br2N2O3S2/c1-17-7-9-20(22(15-17)32-19-5-3-2-4-6-19)24(29)27-11-13-28(14-12-27)33(30,31)23-16-18(25)8-10-21(23)26/h2-10,15-16H,11-14H2,1H3. The van der Waals surface area contributed by atoms with E-state index in [1.54, 1.807) is 34.9 Å². The van der Waals surface area contributed by atoms with Gasteiger partial charge in [-0.3, -0.25) is 4.79 Å². The first-order chi connectivity index (χ1) is 15.8. The summed E-state index contributed by atoms with van der Waals surface area (Å²) in [5, 5.41) is 0. The number of aryl methyl sites for hydroxylation is 1. The Kier molecular flexibility index (Phi) is 7.65. The molecule has 33 heavy (non-hydrogen) atoms. The summed E-state index contributed by atoms with van der Waals surface area (Å²) in [6, 6.07) is 20.9. The van der Waals surface area contributed by atoms with Crippen molar-refractivity contribution < 1.29 is 13.2 Å². The highest BCUT2D eigenvalue weighted by Crippen LogP contribution is 2.33. The Morgan fingerprint density at radius 3 is 2.30 bits per heavy atom. The fraction of sp³-hybridized carbons (Fsp3) is 0.208. The monoisotopic (exact) mass is 608 g/mol. The smallest absolute Gasteiger partial charge is 0.255 e. The van der Waals surface area contributed by atoms with Gasteiger partial charge in [-0.25, -0.2) is 8.42 Å². The second kappa shape index (κ2) is 10.3. The quantitative estimate of drug-likeness (QED) is 0.366. The van der Waals surface area contributed by atoms with Gasteiger partial charge in [-0.2, -0.15) is 4.31 Å². The van der Waals surface area contributed by atoms with Crippen LogP contribution in [0, 0.1) is 6.92 Å². The number of carbonyl (C=O) groups excluding carboxylic acids is 1. The number of hydrogen-bond donors (Lipinski definition) is 0. The average Bonchev–Trinajstić information content (AvgIpc) is 2.81. The molecule has 5 nitrogen and oxygen atoms in total. The van der Waals surface area contributed by atoms with Crippen molar-refractivity contribution in [2.75, 3.05) is 26.2 Å². The second-order valence-electron chi connectivity index (χ2n) is 7.69. The lowest BCUT2D eigenvalue weighted by molar-refractivity contribution is 0.0694. The van der Waals surface area contributed by atoms with E-state index in [2.05, 4.69) is 31.9 Å². The molecule has 1 aliphatic rings. The largest absolute Gasteiger partial charge is 0.336 e. The van der Waals surface area contributed by atoms with Crippen LogP contribution in [-0.4, -0.2) is 49.7 Å². The van der Waals surface area contributed by atoms with E-state index in [1.807, 2.05) is 55.5 Å². The van der Waals surface area contributed by atoms with Crippen molar-refractivity contribution in [3.63, 3.8) is 0 Å². The number of nitrogens with zero attached hydrogens (tertiary/aromatic N) is 2. The third-order valence-corrected chi connectivity index (χ3v) is 9.83. The van der Waals surface area contributed by atoms with Gasteiger partial charge in [-0.05, 0) is 70.9 Å². The van der Waals surface area contributed by atoms with Crippen LogP contribution in [-0.2, 0) is 10.0 Å².